The van der Waals surface area contributed by atoms with Gasteiger partial charge >= 0.3 is 0 Å². The molecule has 19 heavy (non-hydrogen) atoms. The Bertz CT molecular complexity index is 497. The zero-order valence-electron chi connectivity index (χ0n) is 11.2. The number of rotatable bonds is 5. The molecule has 6 nitrogen and oxygen atoms in total. The van der Waals surface area contributed by atoms with E-state index in [0.717, 1.165) is 25.9 Å². The molecular weight excluding hydrogens is 288 g/mol. The number of hydrogen-bond donors (Lipinski definition) is 1. The van der Waals surface area contributed by atoms with Crippen molar-refractivity contribution in [2.75, 3.05) is 19.6 Å². The van der Waals surface area contributed by atoms with Crippen molar-refractivity contribution in [3.05, 3.63) is 12.4 Å². The Labute approximate surface area is 120 Å². The minimum Gasteiger partial charge on any atom is -0.315 e. The SMILES string of the molecule is CCCN(C1CCNC1)S(=O)(=O)c1cnn(C)c1.Cl. The predicted octanol–water partition coefficient (Wildman–Crippen LogP) is 0.604. The fraction of sp³-hybridized carbons (Fsp3) is 0.727. The summed E-state index contributed by atoms with van der Waals surface area (Å²) in [6, 6.07) is 0.0650. The molecule has 0 spiro atoms. The molecule has 1 saturated heterocycles. The molecule has 1 aliphatic heterocycles. The number of nitrogens with one attached hydrogen (secondary N) is 1. The van der Waals surface area contributed by atoms with Crippen molar-refractivity contribution in [3.63, 3.8) is 0 Å². The quantitative estimate of drug-likeness (QED) is 0.865. The minimum absolute atomic E-state index is 0. The van der Waals surface area contributed by atoms with Gasteiger partial charge in [0.15, 0.2) is 0 Å². The van der Waals surface area contributed by atoms with E-state index in [1.54, 1.807) is 17.5 Å². The van der Waals surface area contributed by atoms with Gasteiger partial charge in [0.1, 0.15) is 4.90 Å². The Morgan fingerprint density at radius 1 is 1.58 bits per heavy atom. The molecular formula is C11H21ClN4O2S. The molecule has 8 heteroatoms. The van der Waals surface area contributed by atoms with Crippen molar-refractivity contribution < 1.29 is 8.42 Å². The van der Waals surface area contributed by atoms with Crippen LogP contribution in [0.15, 0.2) is 17.3 Å². The molecule has 0 aliphatic carbocycles. The summed E-state index contributed by atoms with van der Waals surface area (Å²) in [5, 5.41) is 7.16. The van der Waals surface area contributed by atoms with E-state index < -0.39 is 10.0 Å². The second-order valence-corrected chi connectivity index (χ2v) is 6.50. The fourth-order valence-corrected chi connectivity index (χ4v) is 4.00. The van der Waals surface area contributed by atoms with Gasteiger partial charge in [-0.1, -0.05) is 6.92 Å². The molecule has 0 amide bonds. The van der Waals surface area contributed by atoms with Crippen LogP contribution in [0.25, 0.3) is 0 Å². The third-order valence-corrected chi connectivity index (χ3v) is 5.08. The second kappa shape index (κ2) is 6.69. The van der Waals surface area contributed by atoms with Crippen LogP contribution in [0, 0.1) is 0 Å². The van der Waals surface area contributed by atoms with Crippen molar-refractivity contribution >= 4 is 22.4 Å². The lowest BCUT2D eigenvalue weighted by molar-refractivity contribution is 0.335. The molecule has 1 fully saturated rings. The van der Waals surface area contributed by atoms with Crippen molar-refractivity contribution in [2.24, 2.45) is 7.05 Å². The van der Waals surface area contributed by atoms with Crippen LogP contribution >= 0.6 is 12.4 Å². The maximum atomic E-state index is 12.6. The Morgan fingerprint density at radius 2 is 2.32 bits per heavy atom. The van der Waals surface area contributed by atoms with Crippen molar-refractivity contribution in [3.8, 4) is 0 Å². The fourth-order valence-electron chi connectivity index (χ4n) is 2.27. The van der Waals surface area contributed by atoms with Gasteiger partial charge in [-0.05, 0) is 19.4 Å². The van der Waals surface area contributed by atoms with Crippen LogP contribution in [0.3, 0.4) is 0 Å². The van der Waals surface area contributed by atoms with Crippen LogP contribution in [0.2, 0.25) is 0 Å². The van der Waals surface area contributed by atoms with Gasteiger partial charge in [0, 0.05) is 32.4 Å². The number of aryl methyl sites for hydroxylation is 1. The summed E-state index contributed by atoms with van der Waals surface area (Å²) >= 11 is 0. The largest absolute Gasteiger partial charge is 0.315 e. The van der Waals surface area contributed by atoms with Gasteiger partial charge in [0.25, 0.3) is 0 Å². The summed E-state index contributed by atoms with van der Waals surface area (Å²) in [4.78, 5) is 0.283. The van der Waals surface area contributed by atoms with E-state index in [1.165, 1.54) is 10.9 Å². The van der Waals surface area contributed by atoms with E-state index in [-0.39, 0.29) is 23.3 Å². The van der Waals surface area contributed by atoms with E-state index in [4.69, 9.17) is 0 Å². The summed E-state index contributed by atoms with van der Waals surface area (Å²) in [7, 11) is -1.69. The summed E-state index contributed by atoms with van der Waals surface area (Å²) in [6.07, 6.45) is 4.66. The molecule has 0 radical (unpaired) electrons. The summed E-state index contributed by atoms with van der Waals surface area (Å²) in [5.74, 6) is 0. The lowest BCUT2D eigenvalue weighted by atomic mass is 10.2. The Morgan fingerprint density at radius 3 is 2.79 bits per heavy atom. The lowest BCUT2D eigenvalue weighted by Gasteiger charge is -2.26. The first-order valence-electron chi connectivity index (χ1n) is 6.27. The molecule has 0 bridgehead atoms. The van der Waals surface area contributed by atoms with Crippen molar-refractivity contribution in [1.82, 2.24) is 19.4 Å². The predicted molar refractivity (Wildman–Crippen MR) is 75.9 cm³/mol. The monoisotopic (exact) mass is 308 g/mol. The number of nitrogens with zero attached hydrogens (tertiary/aromatic N) is 3. The van der Waals surface area contributed by atoms with Crippen LogP contribution in [-0.2, 0) is 17.1 Å². The first kappa shape index (κ1) is 16.4. The average Bonchev–Trinajstić information content (AvgIpc) is 2.96. The van der Waals surface area contributed by atoms with E-state index in [1.807, 2.05) is 6.92 Å². The van der Waals surface area contributed by atoms with Crippen LogP contribution in [0.4, 0.5) is 0 Å². The molecule has 1 unspecified atom stereocenters. The summed E-state index contributed by atoms with van der Waals surface area (Å²) in [6.45, 7) is 4.17. The van der Waals surface area contributed by atoms with Gasteiger partial charge in [0.2, 0.25) is 10.0 Å². The van der Waals surface area contributed by atoms with Gasteiger partial charge in [-0.15, -0.1) is 12.4 Å². The molecule has 110 valence electrons. The molecule has 2 heterocycles. The van der Waals surface area contributed by atoms with E-state index in [2.05, 4.69) is 10.4 Å². The molecule has 1 aromatic rings. The molecule has 0 aromatic carbocycles. The average molecular weight is 309 g/mol. The van der Waals surface area contributed by atoms with Gasteiger partial charge in [-0.2, -0.15) is 9.40 Å². The van der Waals surface area contributed by atoms with Crippen LogP contribution < -0.4 is 5.32 Å². The summed E-state index contributed by atoms with van der Waals surface area (Å²) < 4.78 is 28.3. The van der Waals surface area contributed by atoms with Crippen LogP contribution in [-0.4, -0.2) is 48.2 Å². The van der Waals surface area contributed by atoms with Crippen LogP contribution in [0.1, 0.15) is 19.8 Å². The first-order chi connectivity index (χ1) is 8.55. The highest BCUT2D eigenvalue weighted by Gasteiger charge is 2.33. The lowest BCUT2D eigenvalue weighted by Crippen LogP contribution is -2.41. The highest BCUT2D eigenvalue weighted by atomic mass is 35.5. The Hall–Kier alpha value is -0.630. The number of halogens is 1. The third kappa shape index (κ3) is 3.47. The Balaban J connectivity index is 0.00000180. The molecule has 1 atom stereocenters. The molecule has 0 saturated carbocycles. The molecule has 2 rings (SSSR count). The number of sulfonamides is 1. The molecule has 1 aromatic heterocycles. The zero-order chi connectivity index (χ0) is 13.2. The number of hydrogen-bond acceptors (Lipinski definition) is 4. The second-order valence-electron chi connectivity index (χ2n) is 4.61. The standard InChI is InChI=1S/C11H20N4O2S.ClH/c1-3-6-15(10-4-5-12-7-10)18(16,17)11-8-13-14(2)9-11;/h8-10,12H,3-7H2,1-2H3;1H. The number of aromatic nitrogens is 2. The van der Waals surface area contributed by atoms with Gasteiger partial charge in [0.05, 0.1) is 6.20 Å². The minimum atomic E-state index is -3.42. The molecule has 1 N–H and O–H groups in total. The zero-order valence-corrected chi connectivity index (χ0v) is 12.9. The van der Waals surface area contributed by atoms with E-state index in [0.29, 0.717) is 6.54 Å². The smallest absolute Gasteiger partial charge is 0.246 e. The summed E-state index contributed by atoms with van der Waals surface area (Å²) in [5.41, 5.74) is 0. The van der Waals surface area contributed by atoms with E-state index in [9.17, 15) is 8.42 Å². The highest BCUT2D eigenvalue weighted by molar-refractivity contribution is 7.89. The molecule has 1 aliphatic rings. The van der Waals surface area contributed by atoms with Gasteiger partial charge in [-0.25, -0.2) is 8.42 Å². The maximum absolute atomic E-state index is 12.6. The van der Waals surface area contributed by atoms with Crippen molar-refractivity contribution in [2.45, 2.75) is 30.7 Å². The maximum Gasteiger partial charge on any atom is 0.246 e. The first-order valence-corrected chi connectivity index (χ1v) is 7.71. The van der Waals surface area contributed by atoms with Gasteiger partial charge in [-0.3, -0.25) is 4.68 Å². The van der Waals surface area contributed by atoms with Gasteiger partial charge < -0.3 is 5.32 Å². The normalized spacial score (nSPS) is 19.6. The topological polar surface area (TPSA) is 67.2 Å². The highest BCUT2D eigenvalue weighted by Crippen LogP contribution is 2.20. The van der Waals surface area contributed by atoms with E-state index >= 15 is 0 Å². The Kier molecular flexibility index (Phi) is 5.79. The van der Waals surface area contributed by atoms with Crippen LogP contribution in [0.5, 0.6) is 0 Å². The van der Waals surface area contributed by atoms with Crippen molar-refractivity contribution in [1.29, 1.82) is 0 Å². The third-order valence-electron chi connectivity index (χ3n) is 3.17.